The SMILES string of the molecule is Cc1cc(C#N)ccc1OC1(C)CCN(C(=O)OC(C)(C)C)CC1. The van der Waals surface area contributed by atoms with Crippen molar-refractivity contribution in [1.29, 1.82) is 5.26 Å². The maximum absolute atomic E-state index is 12.1. The predicted octanol–water partition coefficient (Wildman–Crippen LogP) is 4.04. The normalized spacial score (nSPS) is 17.1. The highest BCUT2D eigenvalue weighted by Crippen LogP contribution is 2.31. The van der Waals surface area contributed by atoms with Gasteiger partial charge in [0, 0.05) is 25.9 Å². The molecule has 5 heteroatoms. The van der Waals surface area contributed by atoms with Crippen molar-refractivity contribution in [3.05, 3.63) is 29.3 Å². The molecule has 24 heavy (non-hydrogen) atoms. The Bertz CT molecular complexity index is 648. The first-order valence-electron chi connectivity index (χ1n) is 8.30. The number of rotatable bonds is 2. The molecular weight excluding hydrogens is 304 g/mol. The van der Waals surface area contributed by atoms with E-state index >= 15 is 0 Å². The van der Waals surface area contributed by atoms with Crippen LogP contribution in [0.2, 0.25) is 0 Å². The number of carbonyl (C=O) groups is 1. The summed E-state index contributed by atoms with van der Waals surface area (Å²) in [4.78, 5) is 13.9. The van der Waals surface area contributed by atoms with Gasteiger partial charge in [0.05, 0.1) is 11.6 Å². The van der Waals surface area contributed by atoms with E-state index in [9.17, 15) is 4.79 Å². The van der Waals surface area contributed by atoms with Crippen LogP contribution in [0.4, 0.5) is 4.79 Å². The van der Waals surface area contributed by atoms with E-state index in [0.717, 1.165) is 24.2 Å². The van der Waals surface area contributed by atoms with Gasteiger partial charge in [-0.05, 0) is 58.4 Å². The van der Waals surface area contributed by atoms with Gasteiger partial charge >= 0.3 is 6.09 Å². The van der Waals surface area contributed by atoms with Crippen molar-refractivity contribution >= 4 is 6.09 Å². The van der Waals surface area contributed by atoms with Gasteiger partial charge < -0.3 is 14.4 Å². The highest BCUT2D eigenvalue weighted by Gasteiger charge is 2.35. The Balaban J connectivity index is 1.97. The highest BCUT2D eigenvalue weighted by molar-refractivity contribution is 5.68. The van der Waals surface area contributed by atoms with E-state index in [1.165, 1.54) is 0 Å². The van der Waals surface area contributed by atoms with Crippen molar-refractivity contribution in [3.63, 3.8) is 0 Å². The van der Waals surface area contributed by atoms with Crippen molar-refractivity contribution in [2.24, 2.45) is 0 Å². The molecular formula is C19H26N2O3. The van der Waals surface area contributed by atoms with Crippen LogP contribution in [0.15, 0.2) is 18.2 Å². The Morgan fingerprint density at radius 2 is 1.92 bits per heavy atom. The minimum atomic E-state index is -0.478. The van der Waals surface area contributed by atoms with Crippen LogP contribution in [0, 0.1) is 18.3 Å². The number of ether oxygens (including phenoxy) is 2. The van der Waals surface area contributed by atoms with Gasteiger partial charge in [-0.25, -0.2) is 4.79 Å². The minimum absolute atomic E-state index is 0.265. The summed E-state index contributed by atoms with van der Waals surface area (Å²) >= 11 is 0. The van der Waals surface area contributed by atoms with E-state index in [1.54, 1.807) is 11.0 Å². The number of nitrogens with zero attached hydrogens (tertiary/aromatic N) is 2. The molecule has 0 N–H and O–H groups in total. The Kier molecular flexibility index (Phi) is 5.08. The maximum Gasteiger partial charge on any atom is 0.410 e. The lowest BCUT2D eigenvalue weighted by atomic mass is 9.93. The molecule has 0 radical (unpaired) electrons. The highest BCUT2D eigenvalue weighted by atomic mass is 16.6. The van der Waals surface area contributed by atoms with Gasteiger partial charge in [0.15, 0.2) is 0 Å². The van der Waals surface area contributed by atoms with Crippen molar-refractivity contribution in [3.8, 4) is 11.8 Å². The molecule has 1 aromatic carbocycles. The smallest absolute Gasteiger partial charge is 0.410 e. The molecule has 0 bridgehead atoms. The van der Waals surface area contributed by atoms with E-state index in [-0.39, 0.29) is 11.7 Å². The summed E-state index contributed by atoms with van der Waals surface area (Å²) in [6, 6.07) is 7.57. The van der Waals surface area contributed by atoms with E-state index in [4.69, 9.17) is 14.7 Å². The monoisotopic (exact) mass is 330 g/mol. The summed E-state index contributed by atoms with van der Waals surface area (Å²) in [6.07, 6.45) is 1.22. The second-order valence-corrected chi connectivity index (χ2v) is 7.61. The molecule has 1 amide bonds. The molecule has 1 fully saturated rings. The molecule has 1 aromatic rings. The number of hydrogen-bond donors (Lipinski definition) is 0. The van der Waals surface area contributed by atoms with Crippen LogP contribution in [-0.2, 0) is 4.74 Å². The average molecular weight is 330 g/mol. The molecule has 1 saturated heterocycles. The largest absolute Gasteiger partial charge is 0.487 e. The lowest BCUT2D eigenvalue weighted by Gasteiger charge is -2.40. The first-order valence-corrected chi connectivity index (χ1v) is 8.30. The summed E-state index contributed by atoms with van der Waals surface area (Å²) in [6.45, 7) is 10.8. The van der Waals surface area contributed by atoms with Crippen molar-refractivity contribution in [2.75, 3.05) is 13.1 Å². The fourth-order valence-electron chi connectivity index (χ4n) is 2.69. The van der Waals surface area contributed by atoms with Crippen molar-refractivity contribution in [2.45, 2.75) is 58.7 Å². The molecule has 1 aliphatic heterocycles. The second-order valence-electron chi connectivity index (χ2n) is 7.61. The Morgan fingerprint density at radius 1 is 1.29 bits per heavy atom. The van der Waals surface area contributed by atoms with Gasteiger partial charge in [0.25, 0.3) is 0 Å². The lowest BCUT2D eigenvalue weighted by molar-refractivity contribution is -0.0100. The lowest BCUT2D eigenvalue weighted by Crippen LogP contribution is -2.49. The zero-order valence-corrected chi connectivity index (χ0v) is 15.2. The molecule has 0 spiro atoms. The second kappa shape index (κ2) is 6.72. The molecule has 0 saturated carbocycles. The van der Waals surface area contributed by atoms with E-state index in [0.29, 0.717) is 18.7 Å². The molecule has 0 aliphatic carbocycles. The third-order valence-electron chi connectivity index (χ3n) is 4.13. The van der Waals surface area contributed by atoms with Gasteiger partial charge in [-0.15, -0.1) is 0 Å². The number of amides is 1. The summed E-state index contributed by atoms with van der Waals surface area (Å²) in [5, 5.41) is 8.95. The van der Waals surface area contributed by atoms with Crippen LogP contribution in [0.3, 0.4) is 0 Å². The maximum atomic E-state index is 12.1. The number of carbonyl (C=O) groups excluding carboxylic acids is 1. The van der Waals surface area contributed by atoms with E-state index in [1.807, 2.05) is 39.8 Å². The first-order chi connectivity index (χ1) is 11.1. The van der Waals surface area contributed by atoms with Crippen molar-refractivity contribution in [1.82, 2.24) is 4.90 Å². The van der Waals surface area contributed by atoms with Crippen LogP contribution in [0.5, 0.6) is 5.75 Å². The van der Waals surface area contributed by atoms with Gasteiger partial charge in [0.1, 0.15) is 17.0 Å². The molecule has 0 unspecified atom stereocenters. The molecule has 0 aromatic heterocycles. The first kappa shape index (κ1) is 18.1. The Labute approximate surface area is 144 Å². The summed E-state index contributed by atoms with van der Waals surface area (Å²) in [7, 11) is 0. The average Bonchev–Trinajstić information content (AvgIpc) is 2.48. The van der Waals surface area contributed by atoms with Gasteiger partial charge in [-0.1, -0.05) is 0 Å². The zero-order chi connectivity index (χ0) is 18.0. The fourth-order valence-corrected chi connectivity index (χ4v) is 2.69. The van der Waals surface area contributed by atoms with Crippen LogP contribution in [0.25, 0.3) is 0 Å². The summed E-state index contributed by atoms with van der Waals surface area (Å²) in [5.41, 5.74) is 0.778. The zero-order valence-electron chi connectivity index (χ0n) is 15.2. The molecule has 0 atom stereocenters. The Morgan fingerprint density at radius 3 is 2.42 bits per heavy atom. The summed E-state index contributed by atoms with van der Waals surface area (Å²) < 4.78 is 11.6. The summed E-state index contributed by atoms with van der Waals surface area (Å²) in [5.74, 6) is 0.794. The van der Waals surface area contributed by atoms with Gasteiger partial charge in [0.2, 0.25) is 0 Å². The van der Waals surface area contributed by atoms with E-state index in [2.05, 4.69) is 13.0 Å². The fraction of sp³-hybridized carbons (Fsp3) is 0.579. The van der Waals surface area contributed by atoms with Crippen molar-refractivity contribution < 1.29 is 14.3 Å². The number of hydrogen-bond acceptors (Lipinski definition) is 4. The van der Waals surface area contributed by atoms with Crippen LogP contribution >= 0.6 is 0 Å². The van der Waals surface area contributed by atoms with Gasteiger partial charge in [-0.2, -0.15) is 5.26 Å². The molecule has 1 heterocycles. The van der Waals surface area contributed by atoms with E-state index < -0.39 is 5.60 Å². The number of benzene rings is 1. The molecule has 1 aliphatic rings. The van der Waals surface area contributed by atoms with Crippen LogP contribution in [0.1, 0.15) is 51.7 Å². The van der Waals surface area contributed by atoms with Crippen LogP contribution in [-0.4, -0.2) is 35.3 Å². The number of piperidine rings is 1. The molecule has 5 nitrogen and oxygen atoms in total. The third-order valence-corrected chi connectivity index (χ3v) is 4.13. The predicted molar refractivity (Wildman–Crippen MR) is 92.0 cm³/mol. The molecule has 130 valence electrons. The van der Waals surface area contributed by atoms with Gasteiger partial charge in [-0.3, -0.25) is 0 Å². The quantitative estimate of drug-likeness (QED) is 0.821. The molecule has 2 rings (SSSR count). The topological polar surface area (TPSA) is 62.6 Å². The number of likely N-dealkylation sites (tertiary alicyclic amines) is 1. The third kappa shape index (κ3) is 4.64. The van der Waals surface area contributed by atoms with Crippen LogP contribution < -0.4 is 4.74 Å². The number of nitriles is 1. The minimum Gasteiger partial charge on any atom is -0.487 e. The Hall–Kier alpha value is -2.22. The number of aryl methyl sites for hydroxylation is 1. The standard InChI is InChI=1S/C19H26N2O3/c1-14-12-15(13-20)6-7-16(14)23-19(5)8-10-21(11-9-19)17(22)24-18(2,3)4/h6-7,12H,8-11H2,1-5H3.